The largest absolute Gasteiger partial charge is 0.497 e. The first-order valence-corrected chi connectivity index (χ1v) is 7.49. The third-order valence-corrected chi connectivity index (χ3v) is 3.12. The summed E-state index contributed by atoms with van der Waals surface area (Å²) in [5.74, 6) is -1.19. The Labute approximate surface area is 139 Å². The Morgan fingerprint density at radius 1 is 1.12 bits per heavy atom. The molecule has 0 spiro atoms. The lowest BCUT2D eigenvalue weighted by Gasteiger charge is -2.20. The van der Waals surface area contributed by atoms with Crippen LogP contribution in [0.25, 0.3) is 0 Å². The molecule has 0 saturated heterocycles. The molecule has 1 N–H and O–H groups in total. The molecule has 128 valence electrons. The zero-order valence-corrected chi connectivity index (χ0v) is 14.1. The molecule has 2 aromatic rings. The smallest absolute Gasteiger partial charge is 0.270 e. The normalized spacial score (nSPS) is 11.2. The van der Waals surface area contributed by atoms with Gasteiger partial charge in [0.05, 0.1) is 7.11 Å². The number of hydrogen-bond acceptors (Lipinski definition) is 3. The van der Waals surface area contributed by atoms with E-state index in [1.807, 2.05) is 20.8 Å². The SMILES string of the molecule is COc1cc(Cc2cc(F)cc(F)c2)nc(C(=O)NC(C)(C)C)c1. The first-order valence-electron chi connectivity index (χ1n) is 7.49. The molecule has 1 aromatic heterocycles. The Hall–Kier alpha value is -2.50. The fourth-order valence-corrected chi connectivity index (χ4v) is 2.21. The van der Waals surface area contributed by atoms with Crippen molar-refractivity contribution in [2.24, 2.45) is 0 Å². The second kappa shape index (κ2) is 6.95. The molecule has 1 heterocycles. The summed E-state index contributed by atoms with van der Waals surface area (Å²) in [6.45, 7) is 5.59. The van der Waals surface area contributed by atoms with Crippen molar-refractivity contribution < 1.29 is 18.3 Å². The van der Waals surface area contributed by atoms with E-state index in [0.29, 0.717) is 17.0 Å². The molecule has 0 radical (unpaired) electrons. The summed E-state index contributed by atoms with van der Waals surface area (Å²) in [5.41, 5.74) is 0.693. The standard InChI is InChI=1S/C18H20F2N2O2/c1-18(2,3)22-17(23)16-10-15(24-4)9-14(21-16)7-11-5-12(19)8-13(20)6-11/h5-6,8-10H,7H2,1-4H3,(H,22,23). The molecule has 0 unspecified atom stereocenters. The van der Waals surface area contributed by atoms with Crippen LogP contribution >= 0.6 is 0 Å². The van der Waals surface area contributed by atoms with E-state index in [1.165, 1.54) is 25.3 Å². The fourth-order valence-electron chi connectivity index (χ4n) is 2.21. The molecule has 0 aliphatic carbocycles. The molecule has 0 bridgehead atoms. The second-order valence-corrected chi connectivity index (χ2v) is 6.54. The predicted octanol–water partition coefficient (Wildman–Crippen LogP) is 3.49. The van der Waals surface area contributed by atoms with Crippen molar-refractivity contribution >= 4 is 5.91 Å². The average molecular weight is 334 g/mol. The second-order valence-electron chi connectivity index (χ2n) is 6.54. The fraction of sp³-hybridized carbons (Fsp3) is 0.333. The Morgan fingerprint density at radius 3 is 2.29 bits per heavy atom. The van der Waals surface area contributed by atoms with Gasteiger partial charge in [-0.05, 0) is 38.5 Å². The van der Waals surface area contributed by atoms with Crippen LogP contribution < -0.4 is 10.1 Å². The molecule has 0 aliphatic heterocycles. The number of amides is 1. The van der Waals surface area contributed by atoms with Crippen molar-refractivity contribution in [3.05, 3.63) is 58.9 Å². The van der Waals surface area contributed by atoms with Gasteiger partial charge < -0.3 is 10.1 Å². The van der Waals surface area contributed by atoms with Crippen molar-refractivity contribution in [3.8, 4) is 5.75 Å². The quantitative estimate of drug-likeness (QED) is 0.931. The lowest BCUT2D eigenvalue weighted by Crippen LogP contribution is -2.41. The van der Waals surface area contributed by atoms with E-state index in [0.717, 1.165) is 6.07 Å². The van der Waals surface area contributed by atoms with Gasteiger partial charge in [0.2, 0.25) is 0 Å². The molecule has 0 fully saturated rings. The van der Waals surface area contributed by atoms with Gasteiger partial charge in [0.15, 0.2) is 0 Å². The Bertz CT molecular complexity index is 735. The molecule has 4 nitrogen and oxygen atoms in total. The van der Waals surface area contributed by atoms with Crippen molar-refractivity contribution in [2.45, 2.75) is 32.7 Å². The van der Waals surface area contributed by atoms with Crippen LogP contribution in [0.5, 0.6) is 5.75 Å². The maximum Gasteiger partial charge on any atom is 0.270 e. The summed E-state index contributed by atoms with van der Waals surface area (Å²) in [4.78, 5) is 16.6. The van der Waals surface area contributed by atoms with Crippen LogP contribution in [0.1, 0.15) is 42.5 Å². The third kappa shape index (κ3) is 5.01. The molecular formula is C18H20F2N2O2. The zero-order chi connectivity index (χ0) is 17.9. The maximum absolute atomic E-state index is 13.3. The van der Waals surface area contributed by atoms with E-state index < -0.39 is 17.2 Å². The van der Waals surface area contributed by atoms with Crippen LogP contribution in [0, 0.1) is 11.6 Å². The lowest BCUT2D eigenvalue weighted by molar-refractivity contribution is 0.0913. The molecular weight excluding hydrogens is 314 g/mol. The van der Waals surface area contributed by atoms with Crippen molar-refractivity contribution in [1.82, 2.24) is 10.3 Å². The minimum atomic E-state index is -0.654. The number of aromatic nitrogens is 1. The average Bonchev–Trinajstić information content (AvgIpc) is 2.43. The first-order chi connectivity index (χ1) is 11.2. The molecule has 0 aliphatic rings. The van der Waals surface area contributed by atoms with Gasteiger partial charge >= 0.3 is 0 Å². The molecule has 2 rings (SSSR count). The van der Waals surface area contributed by atoms with Crippen LogP contribution in [0.4, 0.5) is 8.78 Å². The van der Waals surface area contributed by atoms with Crippen LogP contribution in [0.3, 0.4) is 0 Å². The zero-order valence-electron chi connectivity index (χ0n) is 14.1. The van der Waals surface area contributed by atoms with Gasteiger partial charge in [0.1, 0.15) is 23.1 Å². The Balaban J connectivity index is 2.33. The number of nitrogens with zero attached hydrogens (tertiary/aromatic N) is 1. The van der Waals surface area contributed by atoms with Gasteiger partial charge in [0, 0.05) is 35.9 Å². The number of ether oxygens (including phenoxy) is 1. The van der Waals surface area contributed by atoms with E-state index in [2.05, 4.69) is 10.3 Å². The van der Waals surface area contributed by atoms with Gasteiger partial charge in [0.25, 0.3) is 5.91 Å². The summed E-state index contributed by atoms with van der Waals surface area (Å²) in [6.07, 6.45) is 0.182. The number of benzene rings is 1. The molecule has 6 heteroatoms. The van der Waals surface area contributed by atoms with E-state index in [1.54, 1.807) is 6.07 Å². The lowest BCUT2D eigenvalue weighted by atomic mass is 10.1. The highest BCUT2D eigenvalue weighted by Crippen LogP contribution is 2.18. The highest BCUT2D eigenvalue weighted by molar-refractivity contribution is 5.93. The van der Waals surface area contributed by atoms with Crippen LogP contribution in [0.2, 0.25) is 0 Å². The number of rotatable bonds is 4. The van der Waals surface area contributed by atoms with E-state index >= 15 is 0 Å². The van der Waals surface area contributed by atoms with Gasteiger partial charge in [-0.25, -0.2) is 13.8 Å². The molecule has 0 atom stereocenters. The summed E-state index contributed by atoms with van der Waals surface area (Å²) < 4.78 is 31.8. The van der Waals surface area contributed by atoms with Gasteiger partial charge in [-0.3, -0.25) is 4.79 Å². The number of methoxy groups -OCH3 is 1. The summed E-state index contributed by atoms with van der Waals surface area (Å²) in [5, 5.41) is 2.82. The molecule has 1 amide bonds. The third-order valence-electron chi connectivity index (χ3n) is 3.12. The number of nitrogens with one attached hydrogen (secondary N) is 1. The first kappa shape index (κ1) is 17.8. The van der Waals surface area contributed by atoms with E-state index in [9.17, 15) is 13.6 Å². The van der Waals surface area contributed by atoms with Crippen LogP contribution in [-0.4, -0.2) is 23.5 Å². The minimum absolute atomic E-state index is 0.182. The topological polar surface area (TPSA) is 51.2 Å². The number of halogens is 2. The summed E-state index contributed by atoms with van der Waals surface area (Å²) in [6, 6.07) is 6.44. The molecule has 1 aromatic carbocycles. The monoisotopic (exact) mass is 334 g/mol. The van der Waals surface area contributed by atoms with Gasteiger partial charge in [-0.1, -0.05) is 0 Å². The number of hydrogen-bond donors (Lipinski definition) is 1. The summed E-state index contributed by atoms with van der Waals surface area (Å²) >= 11 is 0. The van der Waals surface area contributed by atoms with Crippen molar-refractivity contribution in [2.75, 3.05) is 7.11 Å². The van der Waals surface area contributed by atoms with E-state index in [-0.39, 0.29) is 18.0 Å². The maximum atomic E-state index is 13.3. The highest BCUT2D eigenvalue weighted by atomic mass is 19.1. The number of carbonyl (C=O) groups excluding carboxylic acids is 1. The summed E-state index contributed by atoms with van der Waals surface area (Å²) in [7, 11) is 1.48. The Kier molecular flexibility index (Phi) is 5.17. The van der Waals surface area contributed by atoms with Crippen molar-refractivity contribution in [1.29, 1.82) is 0 Å². The molecule has 24 heavy (non-hydrogen) atoms. The Morgan fingerprint density at radius 2 is 1.75 bits per heavy atom. The predicted molar refractivity (Wildman–Crippen MR) is 87.2 cm³/mol. The van der Waals surface area contributed by atoms with Gasteiger partial charge in [-0.2, -0.15) is 0 Å². The minimum Gasteiger partial charge on any atom is -0.497 e. The van der Waals surface area contributed by atoms with Crippen LogP contribution in [-0.2, 0) is 6.42 Å². The van der Waals surface area contributed by atoms with Crippen molar-refractivity contribution in [3.63, 3.8) is 0 Å². The highest BCUT2D eigenvalue weighted by Gasteiger charge is 2.18. The van der Waals surface area contributed by atoms with Gasteiger partial charge in [-0.15, -0.1) is 0 Å². The van der Waals surface area contributed by atoms with E-state index in [4.69, 9.17) is 4.74 Å². The van der Waals surface area contributed by atoms with Crippen LogP contribution in [0.15, 0.2) is 30.3 Å². The number of pyridine rings is 1. The molecule has 0 saturated carbocycles. The number of carbonyl (C=O) groups is 1.